The maximum absolute atomic E-state index is 12.2. The third kappa shape index (κ3) is 5.43. The number of nitrogens with zero attached hydrogens (tertiary/aromatic N) is 1. The summed E-state index contributed by atoms with van der Waals surface area (Å²) in [6, 6.07) is 14.8. The van der Waals surface area contributed by atoms with Crippen LogP contribution in [0.5, 0.6) is 11.5 Å². The van der Waals surface area contributed by atoms with Gasteiger partial charge in [-0.05, 0) is 42.0 Å². The number of hydrogen-bond donors (Lipinski definition) is 0. The molecule has 0 saturated heterocycles. The molecule has 0 radical (unpaired) electrons. The molecule has 0 aliphatic rings. The first-order valence-electron chi connectivity index (χ1n) is 8.48. The van der Waals surface area contributed by atoms with Gasteiger partial charge in [0.2, 0.25) is 0 Å². The van der Waals surface area contributed by atoms with Gasteiger partial charge in [-0.2, -0.15) is 0 Å². The van der Waals surface area contributed by atoms with Gasteiger partial charge in [-0.25, -0.2) is 0 Å². The maximum Gasteiger partial charge on any atom is 0.273 e. The number of non-ortho nitro benzene ring substituents is 1. The van der Waals surface area contributed by atoms with Crippen molar-refractivity contribution in [2.24, 2.45) is 0 Å². The second-order valence-electron chi connectivity index (χ2n) is 5.92. The van der Waals surface area contributed by atoms with E-state index < -0.39 is 4.92 Å². The Morgan fingerprint density at radius 3 is 2.72 bits per heavy atom. The van der Waals surface area contributed by atoms with Gasteiger partial charge in [-0.1, -0.05) is 29.8 Å². The normalized spacial score (nSPS) is 10.8. The third-order valence-corrected chi connectivity index (χ3v) is 5.22. The zero-order chi connectivity index (χ0) is 20.8. The summed E-state index contributed by atoms with van der Waals surface area (Å²) in [5, 5.41) is 10.9. The summed E-state index contributed by atoms with van der Waals surface area (Å²) in [4.78, 5) is 23.2. The Morgan fingerprint density at radius 2 is 2.03 bits per heavy atom. The van der Waals surface area contributed by atoms with Gasteiger partial charge in [-0.15, -0.1) is 11.3 Å². The molecule has 0 aliphatic heterocycles. The van der Waals surface area contributed by atoms with Crippen molar-refractivity contribution in [3.63, 3.8) is 0 Å². The van der Waals surface area contributed by atoms with Gasteiger partial charge in [0, 0.05) is 11.6 Å². The molecule has 8 heteroatoms. The predicted octanol–water partition coefficient (Wildman–Crippen LogP) is 5.79. The number of halogens is 1. The number of ketones is 1. The first kappa shape index (κ1) is 20.6. The van der Waals surface area contributed by atoms with Crippen LogP contribution in [0.15, 0.2) is 60.7 Å². The molecule has 0 N–H and O–H groups in total. The monoisotopic (exact) mass is 429 g/mol. The van der Waals surface area contributed by atoms with E-state index in [-0.39, 0.29) is 18.1 Å². The van der Waals surface area contributed by atoms with E-state index in [1.165, 1.54) is 29.5 Å². The molecule has 3 rings (SSSR count). The number of thiophene rings is 1. The van der Waals surface area contributed by atoms with Gasteiger partial charge in [0.05, 0.1) is 27.3 Å². The van der Waals surface area contributed by atoms with Crippen molar-refractivity contribution >= 4 is 40.5 Å². The second kappa shape index (κ2) is 9.36. The second-order valence-corrected chi connectivity index (χ2v) is 7.63. The average molecular weight is 430 g/mol. The molecule has 3 aromatic rings. The molecule has 0 aliphatic carbocycles. The Morgan fingerprint density at radius 1 is 1.21 bits per heavy atom. The van der Waals surface area contributed by atoms with E-state index in [1.807, 2.05) is 12.1 Å². The largest absolute Gasteiger partial charge is 0.496 e. The van der Waals surface area contributed by atoms with Gasteiger partial charge in [0.15, 0.2) is 5.78 Å². The van der Waals surface area contributed by atoms with Crippen LogP contribution < -0.4 is 9.47 Å². The average Bonchev–Trinajstić information content (AvgIpc) is 3.17. The van der Waals surface area contributed by atoms with Crippen LogP contribution in [0.2, 0.25) is 4.34 Å². The van der Waals surface area contributed by atoms with Gasteiger partial charge in [-0.3, -0.25) is 14.9 Å². The van der Waals surface area contributed by atoms with E-state index in [0.717, 1.165) is 11.1 Å². The number of benzene rings is 2. The zero-order valence-electron chi connectivity index (χ0n) is 15.3. The van der Waals surface area contributed by atoms with Crippen molar-refractivity contribution in [1.29, 1.82) is 0 Å². The Hall–Kier alpha value is -3.16. The van der Waals surface area contributed by atoms with E-state index in [9.17, 15) is 14.9 Å². The molecule has 29 heavy (non-hydrogen) atoms. The smallest absolute Gasteiger partial charge is 0.273 e. The lowest BCUT2D eigenvalue weighted by atomic mass is 10.1. The van der Waals surface area contributed by atoms with Gasteiger partial charge < -0.3 is 9.47 Å². The number of carbonyl (C=O) groups is 1. The first-order valence-corrected chi connectivity index (χ1v) is 9.67. The molecule has 0 unspecified atom stereocenters. The number of allylic oxidation sites excluding steroid dienone is 1. The Balaban J connectivity index is 1.75. The summed E-state index contributed by atoms with van der Waals surface area (Å²) in [5.41, 5.74) is 1.49. The van der Waals surface area contributed by atoms with E-state index in [0.29, 0.717) is 20.7 Å². The SMILES string of the molecule is COc1ccc(/C=C/C(=O)c2ccc(Cl)s2)cc1COc1cccc([N+](=O)[O-])c1. The predicted molar refractivity (Wildman–Crippen MR) is 113 cm³/mol. The fraction of sp³-hybridized carbons (Fsp3) is 0.0952. The molecule has 0 atom stereocenters. The summed E-state index contributed by atoms with van der Waals surface area (Å²) in [6.45, 7) is 0.153. The molecule has 1 heterocycles. The van der Waals surface area contributed by atoms with Crippen LogP contribution in [0.25, 0.3) is 6.08 Å². The third-order valence-electron chi connectivity index (χ3n) is 3.97. The molecule has 6 nitrogen and oxygen atoms in total. The van der Waals surface area contributed by atoms with Gasteiger partial charge in [0.1, 0.15) is 18.1 Å². The van der Waals surface area contributed by atoms with Gasteiger partial charge >= 0.3 is 0 Å². The Labute approximate surface area is 176 Å². The highest BCUT2D eigenvalue weighted by Crippen LogP contribution is 2.25. The van der Waals surface area contributed by atoms with Crippen LogP contribution in [0.3, 0.4) is 0 Å². The van der Waals surface area contributed by atoms with Crippen molar-refractivity contribution in [3.05, 3.63) is 91.1 Å². The van der Waals surface area contributed by atoms with Crippen LogP contribution in [0.1, 0.15) is 20.8 Å². The molecule has 1 aromatic heterocycles. The van der Waals surface area contributed by atoms with Crippen LogP contribution in [0, 0.1) is 10.1 Å². The number of carbonyl (C=O) groups excluding carboxylic acids is 1. The molecule has 0 saturated carbocycles. The van der Waals surface area contributed by atoms with E-state index in [2.05, 4.69) is 0 Å². The van der Waals surface area contributed by atoms with Crippen LogP contribution in [-0.2, 0) is 6.61 Å². The quantitative estimate of drug-likeness (QED) is 0.196. The van der Waals surface area contributed by atoms with Crippen molar-refractivity contribution in [2.75, 3.05) is 7.11 Å². The lowest BCUT2D eigenvalue weighted by Gasteiger charge is -2.11. The van der Waals surface area contributed by atoms with E-state index in [1.54, 1.807) is 43.5 Å². The highest BCUT2D eigenvalue weighted by atomic mass is 35.5. The number of methoxy groups -OCH3 is 1. The maximum atomic E-state index is 12.2. The van der Waals surface area contributed by atoms with Crippen LogP contribution in [-0.4, -0.2) is 17.8 Å². The Kier molecular flexibility index (Phi) is 6.64. The molecule has 148 valence electrons. The molecule has 0 bridgehead atoms. The fourth-order valence-corrected chi connectivity index (χ4v) is 3.53. The first-order chi connectivity index (χ1) is 14.0. The van der Waals surface area contributed by atoms with Crippen LogP contribution >= 0.6 is 22.9 Å². The van der Waals surface area contributed by atoms with Crippen LogP contribution in [0.4, 0.5) is 5.69 Å². The summed E-state index contributed by atoms with van der Waals surface area (Å²) < 4.78 is 11.6. The zero-order valence-corrected chi connectivity index (χ0v) is 16.9. The number of rotatable bonds is 8. The van der Waals surface area contributed by atoms with E-state index >= 15 is 0 Å². The number of ether oxygens (including phenoxy) is 2. The van der Waals surface area contributed by atoms with E-state index in [4.69, 9.17) is 21.1 Å². The van der Waals surface area contributed by atoms with Crippen molar-refractivity contribution in [2.45, 2.75) is 6.61 Å². The number of nitro benzene ring substituents is 1. The summed E-state index contributed by atoms with van der Waals surface area (Å²) >= 11 is 7.09. The van der Waals surface area contributed by atoms with Gasteiger partial charge in [0.25, 0.3) is 5.69 Å². The standard InChI is InChI=1S/C21H16ClNO5S/c1-27-19-8-6-14(5-7-18(24)20-9-10-21(22)29-20)11-15(19)13-28-17-4-2-3-16(12-17)23(25)26/h2-12H,13H2,1H3/b7-5+. The number of hydrogen-bond acceptors (Lipinski definition) is 6. The molecular weight excluding hydrogens is 414 g/mol. The Bertz CT molecular complexity index is 1080. The summed E-state index contributed by atoms with van der Waals surface area (Å²) in [5.74, 6) is 0.864. The molecule has 2 aromatic carbocycles. The topological polar surface area (TPSA) is 78.7 Å². The van der Waals surface area contributed by atoms with Crippen molar-refractivity contribution in [3.8, 4) is 11.5 Å². The van der Waals surface area contributed by atoms with Crippen molar-refractivity contribution in [1.82, 2.24) is 0 Å². The summed E-state index contributed by atoms with van der Waals surface area (Å²) in [6.07, 6.45) is 3.18. The summed E-state index contributed by atoms with van der Waals surface area (Å²) in [7, 11) is 1.55. The minimum Gasteiger partial charge on any atom is -0.496 e. The molecule has 0 amide bonds. The minimum atomic E-state index is -0.476. The lowest BCUT2D eigenvalue weighted by Crippen LogP contribution is -2.00. The minimum absolute atomic E-state index is 0.0432. The molecule has 0 fully saturated rings. The van der Waals surface area contributed by atoms with Crippen molar-refractivity contribution < 1.29 is 19.2 Å². The fourth-order valence-electron chi connectivity index (χ4n) is 2.56. The number of nitro groups is 1. The highest BCUT2D eigenvalue weighted by molar-refractivity contribution is 7.18. The molecular formula is C21H16ClNO5S. The lowest BCUT2D eigenvalue weighted by molar-refractivity contribution is -0.384. The highest BCUT2D eigenvalue weighted by Gasteiger charge is 2.09. The molecule has 0 spiro atoms.